The van der Waals surface area contributed by atoms with Crippen LogP contribution in [-0.4, -0.2) is 25.4 Å². The fraction of sp³-hybridized carbons (Fsp3) is 0.429. The molecule has 0 aromatic heterocycles. The number of fused-ring (bicyclic) bond motifs is 1. The van der Waals surface area contributed by atoms with Crippen LogP contribution in [0.3, 0.4) is 0 Å². The number of hydrogen-bond acceptors (Lipinski definition) is 3. The number of carbonyl (C=O) groups is 2. The smallest absolute Gasteiger partial charge is 0.234 e. The number of hydrogen-bond donors (Lipinski definition) is 1. The van der Waals surface area contributed by atoms with Gasteiger partial charge in [-0.2, -0.15) is 0 Å². The second-order valence-corrected chi connectivity index (χ2v) is 4.56. The Kier molecular flexibility index (Phi) is 3.77. The Morgan fingerprint density at radius 2 is 2.17 bits per heavy atom. The minimum Gasteiger partial charge on any atom is -0.319 e. The van der Waals surface area contributed by atoms with Crippen molar-refractivity contribution in [2.24, 2.45) is 0 Å². The van der Waals surface area contributed by atoms with Crippen LogP contribution in [0.4, 0.5) is 5.69 Å². The zero-order chi connectivity index (χ0) is 13.1. The van der Waals surface area contributed by atoms with Crippen LogP contribution in [0.25, 0.3) is 0 Å². The van der Waals surface area contributed by atoms with Gasteiger partial charge in [-0.3, -0.25) is 14.5 Å². The first-order valence-corrected chi connectivity index (χ1v) is 6.23. The van der Waals surface area contributed by atoms with E-state index in [0.29, 0.717) is 6.42 Å². The number of benzene rings is 1. The number of nitrogens with zero attached hydrogens (tertiary/aromatic N) is 1. The Bertz CT molecular complexity index is 483. The maximum atomic E-state index is 11.8. The number of rotatable bonds is 3. The molecule has 1 N–H and O–H groups in total. The summed E-state index contributed by atoms with van der Waals surface area (Å²) in [7, 11) is 1.93. The fourth-order valence-corrected chi connectivity index (χ4v) is 2.32. The van der Waals surface area contributed by atoms with Gasteiger partial charge in [-0.25, -0.2) is 0 Å². The molecule has 1 aromatic rings. The average Bonchev–Trinajstić information content (AvgIpc) is 2.35. The molecule has 1 aromatic carbocycles. The standard InChI is InChI=1S/C14H18N2O2/c1-10(17)16-13-5-3-11(7-8-15-2)9-12(13)4-6-14(16)18/h3,5,9,15H,4,6-8H2,1-2H3. The van der Waals surface area contributed by atoms with Gasteiger partial charge in [0.25, 0.3) is 0 Å². The van der Waals surface area contributed by atoms with Crippen LogP contribution in [0, 0.1) is 0 Å². The highest BCUT2D eigenvalue weighted by Crippen LogP contribution is 2.28. The molecule has 0 saturated carbocycles. The fourth-order valence-electron chi connectivity index (χ4n) is 2.32. The van der Waals surface area contributed by atoms with Gasteiger partial charge >= 0.3 is 0 Å². The SMILES string of the molecule is CNCCc1ccc2c(c1)CCC(=O)N2C(C)=O. The lowest BCUT2D eigenvalue weighted by molar-refractivity contribution is -0.125. The van der Waals surface area contributed by atoms with E-state index in [9.17, 15) is 9.59 Å². The molecule has 0 spiro atoms. The second kappa shape index (κ2) is 5.31. The van der Waals surface area contributed by atoms with E-state index >= 15 is 0 Å². The van der Waals surface area contributed by atoms with Crippen molar-refractivity contribution in [3.05, 3.63) is 29.3 Å². The molecule has 96 valence electrons. The number of anilines is 1. The van der Waals surface area contributed by atoms with E-state index in [0.717, 1.165) is 30.6 Å². The molecule has 18 heavy (non-hydrogen) atoms. The number of likely N-dealkylation sites (N-methyl/N-ethyl adjacent to an activating group) is 1. The highest BCUT2D eigenvalue weighted by Gasteiger charge is 2.27. The molecule has 1 aliphatic heterocycles. The van der Waals surface area contributed by atoms with Crippen molar-refractivity contribution in [3.8, 4) is 0 Å². The van der Waals surface area contributed by atoms with Crippen LogP contribution < -0.4 is 10.2 Å². The molecule has 4 nitrogen and oxygen atoms in total. The molecule has 0 fully saturated rings. The zero-order valence-electron chi connectivity index (χ0n) is 10.8. The predicted molar refractivity (Wildman–Crippen MR) is 70.6 cm³/mol. The molecule has 0 aliphatic carbocycles. The minimum absolute atomic E-state index is 0.0991. The van der Waals surface area contributed by atoms with Gasteiger partial charge in [-0.05, 0) is 43.6 Å². The molecule has 0 bridgehead atoms. The Balaban J connectivity index is 2.31. The van der Waals surface area contributed by atoms with Crippen molar-refractivity contribution in [3.63, 3.8) is 0 Å². The van der Waals surface area contributed by atoms with E-state index in [1.54, 1.807) is 0 Å². The lowest BCUT2D eigenvalue weighted by Gasteiger charge is -2.27. The largest absolute Gasteiger partial charge is 0.319 e. The number of imide groups is 1. The third kappa shape index (κ3) is 2.43. The summed E-state index contributed by atoms with van der Waals surface area (Å²) < 4.78 is 0. The van der Waals surface area contributed by atoms with Gasteiger partial charge in [-0.15, -0.1) is 0 Å². The van der Waals surface area contributed by atoms with E-state index in [1.807, 2.05) is 19.2 Å². The Labute approximate surface area is 107 Å². The monoisotopic (exact) mass is 246 g/mol. The molecule has 2 amide bonds. The molecule has 0 radical (unpaired) electrons. The van der Waals surface area contributed by atoms with E-state index in [4.69, 9.17) is 0 Å². The summed E-state index contributed by atoms with van der Waals surface area (Å²) in [5.74, 6) is -0.304. The van der Waals surface area contributed by atoms with Gasteiger partial charge in [-0.1, -0.05) is 12.1 Å². The van der Waals surface area contributed by atoms with Crippen molar-refractivity contribution < 1.29 is 9.59 Å². The first kappa shape index (κ1) is 12.8. The molecule has 0 saturated heterocycles. The van der Waals surface area contributed by atoms with Crippen molar-refractivity contribution in [1.82, 2.24) is 5.32 Å². The normalized spacial score (nSPS) is 14.6. The molecule has 1 heterocycles. The average molecular weight is 246 g/mol. The molecule has 4 heteroatoms. The Morgan fingerprint density at radius 1 is 1.39 bits per heavy atom. The van der Waals surface area contributed by atoms with Crippen molar-refractivity contribution in [2.45, 2.75) is 26.2 Å². The van der Waals surface area contributed by atoms with Crippen LogP contribution in [0.5, 0.6) is 0 Å². The van der Waals surface area contributed by atoms with Crippen molar-refractivity contribution in [1.29, 1.82) is 0 Å². The number of aryl methyl sites for hydroxylation is 1. The number of amides is 2. The van der Waals surface area contributed by atoms with Gasteiger partial charge in [0.15, 0.2) is 0 Å². The van der Waals surface area contributed by atoms with Gasteiger partial charge in [0.05, 0.1) is 5.69 Å². The third-order valence-corrected chi connectivity index (χ3v) is 3.22. The summed E-state index contributed by atoms with van der Waals surface area (Å²) >= 11 is 0. The van der Waals surface area contributed by atoms with E-state index < -0.39 is 0 Å². The maximum absolute atomic E-state index is 11.8. The first-order chi connectivity index (χ1) is 8.63. The lowest BCUT2D eigenvalue weighted by atomic mass is 9.97. The van der Waals surface area contributed by atoms with Crippen LogP contribution in [0.15, 0.2) is 18.2 Å². The second-order valence-electron chi connectivity index (χ2n) is 4.56. The maximum Gasteiger partial charge on any atom is 0.234 e. The summed E-state index contributed by atoms with van der Waals surface area (Å²) in [6, 6.07) is 5.98. The molecule has 2 rings (SSSR count). The van der Waals surface area contributed by atoms with Crippen LogP contribution in [0.1, 0.15) is 24.5 Å². The van der Waals surface area contributed by atoms with E-state index in [-0.39, 0.29) is 11.8 Å². The summed E-state index contributed by atoms with van der Waals surface area (Å²) in [5.41, 5.74) is 3.09. The molecule has 1 aliphatic rings. The minimum atomic E-state index is -0.205. The summed E-state index contributed by atoms with van der Waals surface area (Å²) in [6.45, 7) is 2.36. The van der Waals surface area contributed by atoms with Crippen LogP contribution in [-0.2, 0) is 22.4 Å². The van der Waals surface area contributed by atoms with Crippen LogP contribution in [0.2, 0.25) is 0 Å². The summed E-state index contributed by atoms with van der Waals surface area (Å²) in [4.78, 5) is 24.6. The van der Waals surface area contributed by atoms with Gasteiger partial charge < -0.3 is 5.32 Å². The Hall–Kier alpha value is -1.68. The lowest BCUT2D eigenvalue weighted by Crippen LogP contribution is -2.38. The summed E-state index contributed by atoms with van der Waals surface area (Å²) in [6.07, 6.45) is 2.10. The Morgan fingerprint density at radius 3 is 2.83 bits per heavy atom. The van der Waals surface area contributed by atoms with Gasteiger partial charge in [0.1, 0.15) is 0 Å². The number of nitrogens with one attached hydrogen (secondary N) is 1. The van der Waals surface area contributed by atoms with Crippen molar-refractivity contribution >= 4 is 17.5 Å². The van der Waals surface area contributed by atoms with E-state index in [2.05, 4.69) is 11.4 Å². The first-order valence-electron chi connectivity index (χ1n) is 6.23. The number of carbonyl (C=O) groups excluding carboxylic acids is 2. The summed E-state index contributed by atoms with van der Waals surface area (Å²) in [5, 5.41) is 3.11. The quantitative estimate of drug-likeness (QED) is 0.874. The molecular formula is C14H18N2O2. The zero-order valence-corrected chi connectivity index (χ0v) is 10.8. The molecule has 0 atom stereocenters. The van der Waals surface area contributed by atoms with Gasteiger partial charge in [0, 0.05) is 13.3 Å². The molecule has 0 unspecified atom stereocenters. The highest BCUT2D eigenvalue weighted by molar-refractivity contribution is 6.15. The topological polar surface area (TPSA) is 49.4 Å². The van der Waals surface area contributed by atoms with Crippen LogP contribution >= 0.6 is 0 Å². The highest BCUT2D eigenvalue weighted by atomic mass is 16.2. The van der Waals surface area contributed by atoms with Crippen molar-refractivity contribution in [2.75, 3.05) is 18.5 Å². The van der Waals surface area contributed by atoms with Gasteiger partial charge in [0.2, 0.25) is 11.8 Å². The van der Waals surface area contributed by atoms with E-state index in [1.165, 1.54) is 17.4 Å². The predicted octanol–water partition coefficient (Wildman–Crippen LogP) is 1.27. The molecular weight excluding hydrogens is 228 g/mol. The third-order valence-electron chi connectivity index (χ3n) is 3.22.